The molecule has 3 aliphatic rings. The Balaban J connectivity index is 1.72. The maximum absolute atomic E-state index is 9.88. The second-order valence-corrected chi connectivity index (χ2v) is 7.69. The van der Waals surface area contributed by atoms with Gasteiger partial charge < -0.3 is 5.11 Å². The molecule has 6 atom stereocenters. The molecule has 3 saturated carbocycles. The highest BCUT2D eigenvalue weighted by Crippen LogP contribution is 2.63. The topological polar surface area (TPSA) is 20.2 Å². The van der Waals surface area contributed by atoms with Crippen LogP contribution in [0.3, 0.4) is 0 Å². The molecule has 0 radical (unpaired) electrons. The van der Waals surface area contributed by atoms with E-state index in [1.165, 1.54) is 25.7 Å². The van der Waals surface area contributed by atoms with E-state index in [1.807, 2.05) is 0 Å². The average Bonchev–Trinajstić information content (AvgIpc) is 2.79. The number of aliphatic hydroxyl groups excluding tert-OH is 1. The minimum absolute atomic E-state index is 0.0104. The van der Waals surface area contributed by atoms with Gasteiger partial charge in [0.1, 0.15) is 0 Å². The second-order valence-electron chi connectivity index (χ2n) is 7.69. The summed E-state index contributed by atoms with van der Waals surface area (Å²) in [6.45, 7) is 7.44. The monoisotopic (exact) mass is 236 g/mol. The molecule has 0 amide bonds. The largest absolute Gasteiger partial charge is 0.393 e. The van der Waals surface area contributed by atoms with E-state index in [0.29, 0.717) is 5.41 Å². The Bertz CT molecular complexity index is 292. The number of hydrogen-bond donors (Lipinski definition) is 1. The summed E-state index contributed by atoms with van der Waals surface area (Å²) in [5, 5.41) is 9.88. The van der Waals surface area contributed by atoms with E-state index in [0.717, 1.165) is 42.4 Å². The SMILES string of the molecule is CC1[C@@H]2C[C@@H](C[C@H]2[C@H]2CCC[C@@H](O)C2)C1(C)C. The van der Waals surface area contributed by atoms with Crippen LogP contribution in [0.1, 0.15) is 59.3 Å². The summed E-state index contributed by atoms with van der Waals surface area (Å²) in [6, 6.07) is 0. The lowest BCUT2D eigenvalue weighted by Crippen LogP contribution is -2.37. The lowest BCUT2D eigenvalue weighted by molar-refractivity contribution is 0.0247. The fourth-order valence-corrected chi connectivity index (χ4v) is 5.34. The maximum atomic E-state index is 9.88. The first kappa shape index (κ1) is 12.0. The van der Waals surface area contributed by atoms with Crippen molar-refractivity contribution >= 4 is 0 Å². The maximum Gasteiger partial charge on any atom is 0.0543 e. The van der Waals surface area contributed by atoms with Crippen LogP contribution in [-0.4, -0.2) is 11.2 Å². The molecule has 2 bridgehead atoms. The summed E-state index contributed by atoms with van der Waals surface area (Å²) in [5.41, 5.74) is 0.578. The highest BCUT2D eigenvalue weighted by Gasteiger charge is 2.56. The van der Waals surface area contributed by atoms with Gasteiger partial charge in [0.2, 0.25) is 0 Å². The molecule has 0 spiro atoms. The van der Waals surface area contributed by atoms with Gasteiger partial charge in [0.05, 0.1) is 6.10 Å². The van der Waals surface area contributed by atoms with Crippen molar-refractivity contribution in [2.45, 2.75) is 65.4 Å². The zero-order chi connectivity index (χ0) is 12.2. The predicted molar refractivity (Wildman–Crippen MR) is 70.6 cm³/mol. The van der Waals surface area contributed by atoms with Gasteiger partial charge in [0.15, 0.2) is 0 Å². The van der Waals surface area contributed by atoms with E-state index in [4.69, 9.17) is 0 Å². The molecule has 17 heavy (non-hydrogen) atoms. The van der Waals surface area contributed by atoms with Crippen molar-refractivity contribution in [3.63, 3.8) is 0 Å². The Morgan fingerprint density at radius 1 is 1.00 bits per heavy atom. The molecule has 0 aromatic carbocycles. The molecule has 1 unspecified atom stereocenters. The molecule has 0 saturated heterocycles. The van der Waals surface area contributed by atoms with Gasteiger partial charge in [-0.1, -0.05) is 27.2 Å². The fourth-order valence-electron chi connectivity index (χ4n) is 5.34. The standard InChI is InChI=1S/C16H28O/c1-10-14-8-12(16(10,2)3)9-15(14)11-5-4-6-13(17)7-11/h10-15,17H,4-9H2,1-3H3/t10?,11-,12-,13+,14-,15-/m0/s1. The molecule has 3 rings (SSSR count). The Hall–Kier alpha value is -0.0400. The molecule has 1 N–H and O–H groups in total. The summed E-state index contributed by atoms with van der Waals surface area (Å²) in [7, 11) is 0. The van der Waals surface area contributed by atoms with Crippen molar-refractivity contribution in [2.75, 3.05) is 0 Å². The van der Waals surface area contributed by atoms with Crippen LogP contribution in [0.4, 0.5) is 0 Å². The summed E-state index contributed by atoms with van der Waals surface area (Å²) >= 11 is 0. The molecular formula is C16H28O. The van der Waals surface area contributed by atoms with E-state index in [-0.39, 0.29) is 6.10 Å². The number of hydrogen-bond acceptors (Lipinski definition) is 1. The van der Waals surface area contributed by atoms with E-state index in [2.05, 4.69) is 20.8 Å². The lowest BCUT2D eigenvalue weighted by atomic mass is 9.62. The van der Waals surface area contributed by atoms with Gasteiger partial charge in [-0.2, -0.15) is 0 Å². The molecule has 98 valence electrons. The van der Waals surface area contributed by atoms with Crippen LogP contribution in [0, 0.1) is 35.0 Å². The van der Waals surface area contributed by atoms with Gasteiger partial charge in [-0.3, -0.25) is 0 Å². The van der Waals surface area contributed by atoms with E-state index in [9.17, 15) is 5.11 Å². The van der Waals surface area contributed by atoms with Gasteiger partial charge in [-0.15, -0.1) is 0 Å². The van der Waals surface area contributed by atoms with E-state index in [1.54, 1.807) is 0 Å². The van der Waals surface area contributed by atoms with Crippen LogP contribution in [0.5, 0.6) is 0 Å². The lowest BCUT2D eigenvalue weighted by Gasteiger charge is -2.44. The summed E-state index contributed by atoms with van der Waals surface area (Å²) in [4.78, 5) is 0. The molecule has 1 nitrogen and oxygen atoms in total. The first-order chi connectivity index (χ1) is 8.00. The molecule has 0 heterocycles. The van der Waals surface area contributed by atoms with Gasteiger partial charge in [-0.25, -0.2) is 0 Å². The zero-order valence-electron chi connectivity index (χ0n) is 11.7. The third kappa shape index (κ3) is 1.77. The Labute approximate surface area is 106 Å². The van der Waals surface area contributed by atoms with Crippen molar-refractivity contribution < 1.29 is 5.11 Å². The third-order valence-corrected chi connectivity index (χ3v) is 6.82. The summed E-state index contributed by atoms with van der Waals surface area (Å²) in [6.07, 6.45) is 7.75. The smallest absolute Gasteiger partial charge is 0.0543 e. The Morgan fingerprint density at radius 2 is 1.71 bits per heavy atom. The predicted octanol–water partition coefficient (Wildman–Crippen LogP) is 3.86. The third-order valence-electron chi connectivity index (χ3n) is 6.82. The fraction of sp³-hybridized carbons (Fsp3) is 1.00. The van der Waals surface area contributed by atoms with Gasteiger partial charge in [0, 0.05) is 0 Å². The molecular weight excluding hydrogens is 208 g/mol. The van der Waals surface area contributed by atoms with Crippen LogP contribution in [0.2, 0.25) is 0 Å². The highest BCUT2D eigenvalue weighted by molar-refractivity contribution is 5.05. The minimum Gasteiger partial charge on any atom is -0.393 e. The van der Waals surface area contributed by atoms with E-state index >= 15 is 0 Å². The van der Waals surface area contributed by atoms with Crippen molar-refractivity contribution in [1.82, 2.24) is 0 Å². The van der Waals surface area contributed by atoms with E-state index < -0.39 is 0 Å². The first-order valence-corrected chi connectivity index (χ1v) is 7.68. The molecule has 3 fully saturated rings. The van der Waals surface area contributed by atoms with Crippen LogP contribution in [0.25, 0.3) is 0 Å². The Morgan fingerprint density at radius 3 is 2.29 bits per heavy atom. The first-order valence-electron chi connectivity index (χ1n) is 7.68. The number of rotatable bonds is 1. The summed E-state index contributed by atoms with van der Waals surface area (Å²) in [5.74, 6) is 4.60. The molecule has 0 aromatic heterocycles. The normalized spacial score (nSPS) is 52.9. The Kier molecular flexibility index (Phi) is 2.81. The van der Waals surface area contributed by atoms with Crippen molar-refractivity contribution in [2.24, 2.45) is 35.0 Å². The average molecular weight is 236 g/mol. The molecule has 1 heteroatoms. The highest BCUT2D eigenvalue weighted by atomic mass is 16.3. The van der Waals surface area contributed by atoms with Crippen molar-refractivity contribution in [1.29, 1.82) is 0 Å². The van der Waals surface area contributed by atoms with Crippen molar-refractivity contribution in [3.8, 4) is 0 Å². The molecule has 0 aliphatic heterocycles. The summed E-state index contributed by atoms with van der Waals surface area (Å²) < 4.78 is 0. The van der Waals surface area contributed by atoms with Gasteiger partial charge >= 0.3 is 0 Å². The van der Waals surface area contributed by atoms with Gasteiger partial charge in [-0.05, 0) is 67.1 Å². The second kappa shape index (κ2) is 3.98. The van der Waals surface area contributed by atoms with Crippen molar-refractivity contribution in [3.05, 3.63) is 0 Å². The number of fused-ring (bicyclic) bond motifs is 2. The minimum atomic E-state index is 0.0104. The van der Waals surface area contributed by atoms with Crippen LogP contribution in [0.15, 0.2) is 0 Å². The van der Waals surface area contributed by atoms with Crippen LogP contribution in [-0.2, 0) is 0 Å². The number of aliphatic hydroxyl groups is 1. The van der Waals surface area contributed by atoms with Crippen LogP contribution < -0.4 is 0 Å². The quantitative estimate of drug-likeness (QED) is 0.733. The molecule has 3 aliphatic carbocycles. The molecule has 0 aromatic rings. The van der Waals surface area contributed by atoms with Gasteiger partial charge in [0.25, 0.3) is 0 Å². The van der Waals surface area contributed by atoms with Crippen LogP contribution >= 0.6 is 0 Å². The zero-order valence-corrected chi connectivity index (χ0v) is 11.7.